The van der Waals surface area contributed by atoms with Gasteiger partial charge in [-0.3, -0.25) is 0 Å². The minimum Gasteiger partial charge on any atom is -0.489 e. The van der Waals surface area contributed by atoms with E-state index in [9.17, 15) is 0 Å². The van der Waals surface area contributed by atoms with Gasteiger partial charge in [0.05, 0.1) is 0 Å². The van der Waals surface area contributed by atoms with Gasteiger partial charge >= 0.3 is 0 Å². The fourth-order valence-electron chi connectivity index (χ4n) is 1.91. The number of halogens is 1. The van der Waals surface area contributed by atoms with Gasteiger partial charge in [0, 0.05) is 21.6 Å². The van der Waals surface area contributed by atoms with Gasteiger partial charge in [-0.25, -0.2) is 0 Å². The minimum atomic E-state index is 0.579. The number of fused-ring (bicyclic) bond motifs is 1. The number of benzene rings is 2. The van der Waals surface area contributed by atoms with E-state index in [-0.39, 0.29) is 0 Å². The van der Waals surface area contributed by atoms with Crippen LogP contribution in [0.15, 0.2) is 59.2 Å². The number of H-pyrrole nitrogens is 1. The molecular formula is C15H12BrNO. The summed E-state index contributed by atoms with van der Waals surface area (Å²) in [5, 5.41) is 1.17. The van der Waals surface area contributed by atoms with Crippen LogP contribution in [-0.4, -0.2) is 4.98 Å². The Morgan fingerprint density at radius 1 is 1.06 bits per heavy atom. The molecule has 1 aromatic heterocycles. The highest BCUT2D eigenvalue weighted by molar-refractivity contribution is 9.10. The molecule has 2 nitrogen and oxygen atoms in total. The fraction of sp³-hybridized carbons (Fsp3) is 0.0667. The van der Waals surface area contributed by atoms with E-state index in [1.807, 2.05) is 42.6 Å². The Balaban J connectivity index is 1.76. The van der Waals surface area contributed by atoms with Crippen molar-refractivity contribution in [2.45, 2.75) is 6.61 Å². The molecule has 0 saturated heterocycles. The molecule has 3 rings (SSSR count). The van der Waals surface area contributed by atoms with Crippen LogP contribution in [0.3, 0.4) is 0 Å². The van der Waals surface area contributed by atoms with Gasteiger partial charge in [0.15, 0.2) is 0 Å². The summed E-state index contributed by atoms with van der Waals surface area (Å²) in [4.78, 5) is 3.17. The molecule has 90 valence electrons. The maximum Gasteiger partial charge on any atom is 0.120 e. The molecule has 1 N–H and O–H groups in total. The van der Waals surface area contributed by atoms with Crippen LogP contribution in [0.5, 0.6) is 5.75 Å². The van der Waals surface area contributed by atoms with Crippen LogP contribution in [0.25, 0.3) is 10.9 Å². The number of rotatable bonds is 3. The Bertz CT molecular complexity index is 675. The highest BCUT2D eigenvalue weighted by Crippen LogP contribution is 2.21. The van der Waals surface area contributed by atoms with E-state index < -0.39 is 0 Å². The normalized spacial score (nSPS) is 10.7. The van der Waals surface area contributed by atoms with Gasteiger partial charge in [0.2, 0.25) is 0 Å². The molecule has 0 fully saturated rings. The van der Waals surface area contributed by atoms with E-state index in [0.717, 1.165) is 21.3 Å². The van der Waals surface area contributed by atoms with Crippen molar-refractivity contribution in [3.8, 4) is 5.75 Å². The van der Waals surface area contributed by atoms with Crippen molar-refractivity contribution < 1.29 is 4.74 Å². The fourth-order valence-corrected chi connectivity index (χ4v) is 2.36. The van der Waals surface area contributed by atoms with Crippen LogP contribution < -0.4 is 4.74 Å². The molecule has 2 aromatic carbocycles. The summed E-state index contributed by atoms with van der Waals surface area (Å²) in [6, 6.07) is 16.2. The summed E-state index contributed by atoms with van der Waals surface area (Å²) in [6.07, 6.45) is 1.93. The summed E-state index contributed by atoms with van der Waals surface area (Å²) in [5.74, 6) is 0.891. The standard InChI is InChI=1S/C15H12BrNO/c16-13-3-1-2-11(8-13)10-18-14-4-5-15-12(9-14)6-7-17-15/h1-9,17H,10H2. The smallest absolute Gasteiger partial charge is 0.120 e. The Morgan fingerprint density at radius 2 is 2.00 bits per heavy atom. The first-order valence-corrected chi connectivity index (χ1v) is 6.55. The highest BCUT2D eigenvalue weighted by Gasteiger charge is 1.99. The van der Waals surface area contributed by atoms with Crippen LogP contribution in [0.2, 0.25) is 0 Å². The maximum absolute atomic E-state index is 5.79. The van der Waals surface area contributed by atoms with Crippen molar-refractivity contribution in [3.63, 3.8) is 0 Å². The molecule has 0 atom stereocenters. The lowest BCUT2D eigenvalue weighted by atomic mass is 10.2. The lowest BCUT2D eigenvalue weighted by Crippen LogP contribution is -1.94. The van der Waals surface area contributed by atoms with Gasteiger partial charge in [-0.2, -0.15) is 0 Å². The van der Waals surface area contributed by atoms with E-state index in [1.54, 1.807) is 0 Å². The number of aromatic nitrogens is 1. The van der Waals surface area contributed by atoms with Crippen molar-refractivity contribution in [1.29, 1.82) is 0 Å². The number of nitrogens with one attached hydrogen (secondary N) is 1. The minimum absolute atomic E-state index is 0.579. The Labute approximate surface area is 114 Å². The van der Waals surface area contributed by atoms with Crippen molar-refractivity contribution in [2.24, 2.45) is 0 Å². The second kappa shape index (κ2) is 4.86. The molecule has 1 heterocycles. The highest BCUT2D eigenvalue weighted by atomic mass is 79.9. The third-order valence-corrected chi connectivity index (χ3v) is 3.31. The molecule has 0 aliphatic carbocycles. The van der Waals surface area contributed by atoms with E-state index in [0.29, 0.717) is 6.61 Å². The van der Waals surface area contributed by atoms with Crippen LogP contribution in [0, 0.1) is 0 Å². The molecule has 0 unspecified atom stereocenters. The number of ether oxygens (including phenoxy) is 1. The summed E-state index contributed by atoms with van der Waals surface area (Å²) >= 11 is 3.46. The zero-order chi connectivity index (χ0) is 12.4. The molecule has 0 radical (unpaired) electrons. The Kier molecular flexibility index (Phi) is 3.07. The zero-order valence-corrected chi connectivity index (χ0v) is 11.3. The van der Waals surface area contributed by atoms with Gasteiger partial charge in [0.25, 0.3) is 0 Å². The van der Waals surface area contributed by atoms with Crippen LogP contribution in [0.4, 0.5) is 0 Å². The average molecular weight is 302 g/mol. The first kappa shape index (κ1) is 11.4. The summed E-state index contributed by atoms with van der Waals surface area (Å²) < 4.78 is 6.86. The summed E-state index contributed by atoms with van der Waals surface area (Å²) in [5.41, 5.74) is 2.28. The van der Waals surface area contributed by atoms with Crippen molar-refractivity contribution in [2.75, 3.05) is 0 Å². The van der Waals surface area contributed by atoms with E-state index in [1.165, 1.54) is 5.39 Å². The lowest BCUT2D eigenvalue weighted by molar-refractivity contribution is 0.306. The molecule has 0 saturated carbocycles. The number of hydrogen-bond acceptors (Lipinski definition) is 1. The van der Waals surface area contributed by atoms with Gasteiger partial charge < -0.3 is 9.72 Å². The van der Waals surface area contributed by atoms with E-state index in [4.69, 9.17) is 4.74 Å². The van der Waals surface area contributed by atoms with Gasteiger partial charge in [-0.15, -0.1) is 0 Å². The zero-order valence-electron chi connectivity index (χ0n) is 9.69. The quantitative estimate of drug-likeness (QED) is 0.756. The molecule has 3 aromatic rings. The second-order valence-electron chi connectivity index (χ2n) is 4.15. The average Bonchev–Trinajstić information content (AvgIpc) is 2.84. The Morgan fingerprint density at radius 3 is 2.89 bits per heavy atom. The predicted molar refractivity (Wildman–Crippen MR) is 76.8 cm³/mol. The monoisotopic (exact) mass is 301 g/mol. The summed E-state index contributed by atoms with van der Waals surface area (Å²) in [6.45, 7) is 0.579. The van der Waals surface area contributed by atoms with Gasteiger partial charge in [-0.1, -0.05) is 28.1 Å². The molecule has 0 bridgehead atoms. The molecule has 0 aliphatic heterocycles. The van der Waals surface area contributed by atoms with Gasteiger partial charge in [-0.05, 0) is 42.0 Å². The van der Waals surface area contributed by atoms with Crippen LogP contribution in [0.1, 0.15) is 5.56 Å². The largest absolute Gasteiger partial charge is 0.489 e. The first-order valence-electron chi connectivity index (χ1n) is 5.76. The molecule has 0 spiro atoms. The molecule has 18 heavy (non-hydrogen) atoms. The van der Waals surface area contributed by atoms with Crippen molar-refractivity contribution >= 4 is 26.8 Å². The molecule has 3 heteroatoms. The molecular weight excluding hydrogens is 290 g/mol. The summed E-state index contributed by atoms with van der Waals surface area (Å²) in [7, 11) is 0. The maximum atomic E-state index is 5.79. The third-order valence-electron chi connectivity index (χ3n) is 2.82. The third kappa shape index (κ3) is 2.41. The number of aromatic amines is 1. The van der Waals surface area contributed by atoms with Crippen LogP contribution >= 0.6 is 15.9 Å². The molecule has 0 amide bonds. The van der Waals surface area contributed by atoms with E-state index in [2.05, 4.69) is 33.0 Å². The lowest BCUT2D eigenvalue weighted by Gasteiger charge is -2.06. The van der Waals surface area contributed by atoms with Gasteiger partial charge in [0.1, 0.15) is 12.4 Å². The SMILES string of the molecule is Brc1cccc(COc2ccc3[nH]ccc3c2)c1. The van der Waals surface area contributed by atoms with Crippen molar-refractivity contribution in [1.82, 2.24) is 4.98 Å². The van der Waals surface area contributed by atoms with E-state index >= 15 is 0 Å². The predicted octanol–water partition coefficient (Wildman–Crippen LogP) is 4.51. The number of hydrogen-bond donors (Lipinski definition) is 1. The van der Waals surface area contributed by atoms with Crippen molar-refractivity contribution in [3.05, 3.63) is 64.8 Å². The topological polar surface area (TPSA) is 25.0 Å². The molecule has 0 aliphatic rings. The van der Waals surface area contributed by atoms with Crippen LogP contribution in [-0.2, 0) is 6.61 Å². The second-order valence-corrected chi connectivity index (χ2v) is 5.06. The first-order chi connectivity index (χ1) is 8.81. The Hall–Kier alpha value is -1.74.